The zero-order chi connectivity index (χ0) is 14.5. The number of benzene rings is 1. The van der Waals surface area contributed by atoms with Crippen LogP contribution in [-0.2, 0) is 6.42 Å². The number of aromatic nitrogens is 2. The molecule has 0 saturated carbocycles. The Morgan fingerprint density at radius 1 is 1.24 bits per heavy atom. The third kappa shape index (κ3) is 3.82. The van der Waals surface area contributed by atoms with Crippen LogP contribution >= 0.6 is 0 Å². The summed E-state index contributed by atoms with van der Waals surface area (Å²) in [6, 6.07) is 11.2. The maximum atomic E-state index is 5.12. The molecular formula is C16H22N4O. The Morgan fingerprint density at radius 3 is 2.67 bits per heavy atom. The van der Waals surface area contributed by atoms with Crippen molar-refractivity contribution in [2.45, 2.75) is 32.2 Å². The van der Waals surface area contributed by atoms with Crippen molar-refractivity contribution in [3.05, 3.63) is 42.0 Å². The molecule has 1 aromatic heterocycles. The average molecular weight is 286 g/mol. The van der Waals surface area contributed by atoms with Crippen molar-refractivity contribution in [1.82, 2.24) is 15.5 Å². The van der Waals surface area contributed by atoms with Gasteiger partial charge in [0.25, 0.3) is 0 Å². The van der Waals surface area contributed by atoms with E-state index >= 15 is 0 Å². The second kappa shape index (κ2) is 6.72. The highest BCUT2D eigenvalue weighted by atomic mass is 16.5. The van der Waals surface area contributed by atoms with Crippen molar-refractivity contribution in [2.75, 3.05) is 24.5 Å². The SMILES string of the molecule is Cc1noc(CCNC2CCN(c3ccccc3)CC2)n1. The predicted molar refractivity (Wildman–Crippen MR) is 82.4 cm³/mol. The van der Waals surface area contributed by atoms with Gasteiger partial charge in [-0.2, -0.15) is 4.98 Å². The fourth-order valence-corrected chi connectivity index (χ4v) is 2.81. The van der Waals surface area contributed by atoms with Crippen molar-refractivity contribution >= 4 is 5.69 Å². The van der Waals surface area contributed by atoms with E-state index in [1.807, 2.05) is 6.92 Å². The number of rotatable bonds is 5. The second-order valence-electron chi connectivity index (χ2n) is 5.54. The number of hydrogen-bond donors (Lipinski definition) is 1. The largest absolute Gasteiger partial charge is 0.371 e. The Balaban J connectivity index is 1.40. The number of para-hydroxylation sites is 1. The van der Waals surface area contributed by atoms with Crippen LogP contribution in [0.1, 0.15) is 24.6 Å². The molecule has 0 spiro atoms. The van der Waals surface area contributed by atoms with Crippen LogP contribution in [0.3, 0.4) is 0 Å². The van der Waals surface area contributed by atoms with Crippen molar-refractivity contribution in [2.24, 2.45) is 0 Å². The van der Waals surface area contributed by atoms with Gasteiger partial charge < -0.3 is 14.7 Å². The Hall–Kier alpha value is -1.88. The van der Waals surface area contributed by atoms with Gasteiger partial charge in [-0.25, -0.2) is 0 Å². The number of hydrogen-bond acceptors (Lipinski definition) is 5. The molecule has 5 heteroatoms. The molecule has 1 aliphatic rings. The van der Waals surface area contributed by atoms with E-state index in [1.165, 1.54) is 18.5 Å². The van der Waals surface area contributed by atoms with E-state index in [9.17, 15) is 0 Å². The number of nitrogens with one attached hydrogen (secondary N) is 1. The third-order valence-corrected chi connectivity index (χ3v) is 3.96. The predicted octanol–water partition coefficient (Wildman–Crippen LogP) is 2.18. The van der Waals surface area contributed by atoms with Crippen LogP contribution in [0.5, 0.6) is 0 Å². The molecule has 2 heterocycles. The molecule has 3 rings (SSSR count). The van der Waals surface area contributed by atoms with Gasteiger partial charge in [-0.3, -0.25) is 0 Å². The number of nitrogens with zero attached hydrogens (tertiary/aromatic N) is 3. The van der Waals surface area contributed by atoms with Crippen molar-refractivity contribution < 1.29 is 4.52 Å². The van der Waals surface area contributed by atoms with Crippen molar-refractivity contribution in [1.29, 1.82) is 0 Å². The summed E-state index contributed by atoms with van der Waals surface area (Å²) in [5, 5.41) is 7.40. The zero-order valence-corrected chi connectivity index (χ0v) is 12.5. The smallest absolute Gasteiger partial charge is 0.227 e. The first kappa shape index (κ1) is 14.1. The molecule has 0 radical (unpaired) electrons. The van der Waals surface area contributed by atoms with Gasteiger partial charge in [0, 0.05) is 37.8 Å². The van der Waals surface area contributed by atoms with E-state index in [0.717, 1.165) is 31.9 Å². The van der Waals surface area contributed by atoms with Gasteiger partial charge in [0.2, 0.25) is 5.89 Å². The van der Waals surface area contributed by atoms with E-state index < -0.39 is 0 Å². The summed E-state index contributed by atoms with van der Waals surface area (Å²) < 4.78 is 5.12. The van der Waals surface area contributed by atoms with Crippen LogP contribution in [0.2, 0.25) is 0 Å². The standard InChI is InChI=1S/C16H22N4O/c1-13-18-16(21-19-13)7-10-17-14-8-11-20(12-9-14)15-5-3-2-4-6-15/h2-6,14,17H,7-12H2,1H3. The molecule has 21 heavy (non-hydrogen) atoms. The molecule has 1 aliphatic heterocycles. The molecule has 0 unspecified atom stereocenters. The molecule has 0 atom stereocenters. The van der Waals surface area contributed by atoms with Gasteiger partial charge in [0.05, 0.1) is 0 Å². The third-order valence-electron chi connectivity index (χ3n) is 3.96. The minimum absolute atomic E-state index is 0.592. The van der Waals surface area contributed by atoms with Gasteiger partial charge in [-0.1, -0.05) is 23.4 Å². The van der Waals surface area contributed by atoms with Crippen molar-refractivity contribution in [3.8, 4) is 0 Å². The van der Waals surface area contributed by atoms with Crippen LogP contribution in [0.4, 0.5) is 5.69 Å². The summed E-state index contributed by atoms with van der Waals surface area (Å²) in [6.45, 7) is 4.97. The lowest BCUT2D eigenvalue weighted by Crippen LogP contribution is -2.43. The zero-order valence-electron chi connectivity index (χ0n) is 12.5. The summed E-state index contributed by atoms with van der Waals surface area (Å²) in [6.07, 6.45) is 3.16. The fraction of sp³-hybridized carbons (Fsp3) is 0.500. The van der Waals surface area contributed by atoms with E-state index in [2.05, 4.69) is 50.7 Å². The van der Waals surface area contributed by atoms with Crippen molar-refractivity contribution in [3.63, 3.8) is 0 Å². The first-order valence-corrected chi connectivity index (χ1v) is 7.64. The van der Waals surface area contributed by atoms with Gasteiger partial charge in [-0.15, -0.1) is 0 Å². The Morgan fingerprint density at radius 2 is 2.00 bits per heavy atom. The van der Waals surface area contributed by atoms with Crippen LogP contribution < -0.4 is 10.2 Å². The lowest BCUT2D eigenvalue weighted by molar-refractivity contribution is 0.361. The molecule has 112 valence electrons. The van der Waals surface area contributed by atoms with E-state index in [0.29, 0.717) is 11.9 Å². The molecule has 0 bridgehead atoms. The summed E-state index contributed by atoms with van der Waals surface area (Å²) >= 11 is 0. The Kier molecular flexibility index (Phi) is 4.50. The molecule has 0 amide bonds. The summed E-state index contributed by atoms with van der Waals surface area (Å²) in [5.41, 5.74) is 1.33. The number of anilines is 1. The van der Waals surface area contributed by atoms with Gasteiger partial charge >= 0.3 is 0 Å². The lowest BCUT2D eigenvalue weighted by atomic mass is 10.0. The maximum absolute atomic E-state index is 5.12. The summed E-state index contributed by atoms with van der Waals surface area (Å²) in [5.74, 6) is 1.43. The van der Waals surface area contributed by atoms with E-state index in [1.54, 1.807) is 0 Å². The molecule has 0 aliphatic carbocycles. The molecule has 1 fully saturated rings. The molecule has 1 aromatic carbocycles. The fourth-order valence-electron chi connectivity index (χ4n) is 2.81. The highest BCUT2D eigenvalue weighted by molar-refractivity contribution is 5.46. The second-order valence-corrected chi connectivity index (χ2v) is 5.54. The van der Waals surface area contributed by atoms with Gasteiger partial charge in [-0.05, 0) is 31.9 Å². The summed E-state index contributed by atoms with van der Waals surface area (Å²) in [4.78, 5) is 6.68. The lowest BCUT2D eigenvalue weighted by Gasteiger charge is -2.34. The Labute approximate surface area is 125 Å². The first-order chi connectivity index (χ1) is 10.3. The van der Waals surface area contributed by atoms with Crippen LogP contribution in [-0.4, -0.2) is 35.8 Å². The molecule has 5 nitrogen and oxygen atoms in total. The van der Waals surface area contributed by atoms with Gasteiger partial charge in [0.15, 0.2) is 5.82 Å². The molecular weight excluding hydrogens is 264 g/mol. The molecule has 1 N–H and O–H groups in total. The Bertz CT molecular complexity index is 546. The highest BCUT2D eigenvalue weighted by Crippen LogP contribution is 2.19. The topological polar surface area (TPSA) is 54.2 Å². The summed E-state index contributed by atoms with van der Waals surface area (Å²) in [7, 11) is 0. The van der Waals surface area contributed by atoms with Crippen LogP contribution in [0.25, 0.3) is 0 Å². The number of piperidine rings is 1. The maximum Gasteiger partial charge on any atom is 0.227 e. The first-order valence-electron chi connectivity index (χ1n) is 7.64. The monoisotopic (exact) mass is 286 g/mol. The number of aryl methyl sites for hydroxylation is 1. The average Bonchev–Trinajstić information content (AvgIpc) is 2.94. The quantitative estimate of drug-likeness (QED) is 0.913. The molecule has 2 aromatic rings. The minimum Gasteiger partial charge on any atom is -0.371 e. The van der Waals surface area contributed by atoms with Gasteiger partial charge in [0.1, 0.15) is 0 Å². The highest BCUT2D eigenvalue weighted by Gasteiger charge is 2.18. The normalized spacial score (nSPS) is 16.3. The minimum atomic E-state index is 0.592. The van der Waals surface area contributed by atoms with Crippen LogP contribution in [0, 0.1) is 6.92 Å². The molecule has 1 saturated heterocycles. The van der Waals surface area contributed by atoms with E-state index in [4.69, 9.17) is 4.52 Å². The van der Waals surface area contributed by atoms with E-state index in [-0.39, 0.29) is 0 Å². The van der Waals surface area contributed by atoms with Crippen LogP contribution in [0.15, 0.2) is 34.9 Å².